The number of carbonyl (C=O) groups is 1. The lowest BCUT2D eigenvalue weighted by Crippen LogP contribution is -2.59. The molecule has 0 aromatic rings. The molecule has 0 bridgehead atoms. The smallest absolute Gasteiger partial charge is 0.249 e. The summed E-state index contributed by atoms with van der Waals surface area (Å²) in [5.41, 5.74) is 5.18. The number of nitrogens with one attached hydrogen (secondary N) is 1. The lowest BCUT2D eigenvalue weighted by Gasteiger charge is -2.35. The molecule has 4 N–H and O–H groups in total. The summed E-state index contributed by atoms with van der Waals surface area (Å²) < 4.78 is 5.42. The summed E-state index contributed by atoms with van der Waals surface area (Å²) in [6.45, 7) is 0.634. The number of amides is 1. The van der Waals surface area contributed by atoms with Crippen molar-refractivity contribution in [3.05, 3.63) is 0 Å². The molecule has 0 aromatic heterocycles. The number of nitrogens with two attached hydrogens (primary N) is 1. The van der Waals surface area contributed by atoms with Gasteiger partial charge in [-0.15, -0.1) is 0 Å². The Hall–Kier alpha value is -1.30. The summed E-state index contributed by atoms with van der Waals surface area (Å²) in [7, 11) is 0. The Morgan fingerprint density at radius 1 is 1.20 bits per heavy atom. The molecule has 1 unspecified atom stereocenters. The summed E-state index contributed by atoms with van der Waals surface area (Å²) in [6, 6.07) is 0. The normalized spacial score (nSPS) is 27.6. The molecule has 2 fully saturated rings. The van der Waals surface area contributed by atoms with Gasteiger partial charge in [0.25, 0.3) is 0 Å². The van der Waals surface area contributed by atoms with Crippen LogP contribution in [-0.4, -0.2) is 35.2 Å². The minimum Gasteiger partial charge on any atom is -0.409 e. The number of nitrogens with zero attached hydrogens (tertiary/aromatic N) is 1. The molecule has 2 rings (SSSR count). The second-order valence-electron chi connectivity index (χ2n) is 5.83. The molecule has 1 saturated carbocycles. The molecular formula is C14H25N3O3. The zero-order chi connectivity index (χ0) is 14.4. The van der Waals surface area contributed by atoms with Gasteiger partial charge in [0.1, 0.15) is 11.6 Å². The van der Waals surface area contributed by atoms with Gasteiger partial charge in [0.05, 0.1) is 0 Å². The standard InChI is InChI=1S/C14H25N3O3/c15-13(17-19)14(8-4-2-1-3-5-9-14)16-12(18)11-7-6-10-20-11/h11,19H,1-10H2,(H2,15,17)(H,16,18). The van der Waals surface area contributed by atoms with Crippen LogP contribution < -0.4 is 11.1 Å². The molecule has 0 spiro atoms. The fourth-order valence-corrected chi connectivity index (χ4v) is 3.15. The highest BCUT2D eigenvalue weighted by molar-refractivity contribution is 5.95. The fourth-order valence-electron chi connectivity index (χ4n) is 3.15. The third kappa shape index (κ3) is 3.42. The Labute approximate surface area is 119 Å². The maximum Gasteiger partial charge on any atom is 0.249 e. The van der Waals surface area contributed by atoms with E-state index in [4.69, 9.17) is 15.7 Å². The highest BCUT2D eigenvalue weighted by Gasteiger charge is 2.39. The van der Waals surface area contributed by atoms with Crippen molar-refractivity contribution in [2.24, 2.45) is 10.9 Å². The molecular weight excluding hydrogens is 258 g/mol. The SMILES string of the molecule is N/C(=N/O)C1(NC(=O)C2CCCO2)CCCCCCC1. The van der Waals surface area contributed by atoms with Crippen molar-refractivity contribution in [2.45, 2.75) is 69.4 Å². The lowest BCUT2D eigenvalue weighted by atomic mass is 9.82. The van der Waals surface area contributed by atoms with Crippen LogP contribution in [0.5, 0.6) is 0 Å². The highest BCUT2D eigenvalue weighted by atomic mass is 16.5. The highest BCUT2D eigenvalue weighted by Crippen LogP contribution is 2.27. The Kier molecular flexibility index (Phi) is 5.23. The van der Waals surface area contributed by atoms with E-state index in [0.717, 1.165) is 51.4 Å². The van der Waals surface area contributed by atoms with Crippen molar-refractivity contribution >= 4 is 11.7 Å². The first-order valence-electron chi connectivity index (χ1n) is 7.59. The number of rotatable bonds is 3. The van der Waals surface area contributed by atoms with Crippen molar-refractivity contribution in [1.29, 1.82) is 0 Å². The van der Waals surface area contributed by atoms with Gasteiger partial charge in [0, 0.05) is 6.61 Å². The zero-order valence-corrected chi connectivity index (χ0v) is 11.9. The van der Waals surface area contributed by atoms with E-state index in [1.165, 1.54) is 6.42 Å². The van der Waals surface area contributed by atoms with Crippen molar-refractivity contribution in [2.75, 3.05) is 6.61 Å². The molecule has 1 saturated heterocycles. The first-order valence-corrected chi connectivity index (χ1v) is 7.59. The van der Waals surface area contributed by atoms with Gasteiger partial charge in [-0.05, 0) is 25.7 Å². The number of amidine groups is 1. The number of carbonyl (C=O) groups excluding carboxylic acids is 1. The van der Waals surface area contributed by atoms with Crippen molar-refractivity contribution < 1.29 is 14.7 Å². The minimum atomic E-state index is -0.710. The van der Waals surface area contributed by atoms with Crippen LogP contribution in [0.1, 0.15) is 57.8 Å². The molecule has 114 valence electrons. The molecule has 6 nitrogen and oxygen atoms in total. The Balaban J connectivity index is 2.10. The predicted molar refractivity (Wildman–Crippen MR) is 75.6 cm³/mol. The fraction of sp³-hybridized carbons (Fsp3) is 0.857. The van der Waals surface area contributed by atoms with Crippen LogP contribution in [-0.2, 0) is 9.53 Å². The average Bonchev–Trinajstić information content (AvgIpc) is 2.95. The van der Waals surface area contributed by atoms with Crippen LogP contribution in [0, 0.1) is 0 Å². The maximum atomic E-state index is 12.3. The first-order chi connectivity index (χ1) is 9.68. The second kappa shape index (κ2) is 6.92. The van der Waals surface area contributed by atoms with E-state index in [1.54, 1.807) is 0 Å². The van der Waals surface area contributed by atoms with Gasteiger partial charge in [0.2, 0.25) is 5.91 Å². The summed E-state index contributed by atoms with van der Waals surface area (Å²) >= 11 is 0. The summed E-state index contributed by atoms with van der Waals surface area (Å²) in [5, 5.41) is 15.3. The van der Waals surface area contributed by atoms with E-state index in [0.29, 0.717) is 6.61 Å². The molecule has 20 heavy (non-hydrogen) atoms. The molecule has 0 radical (unpaired) electrons. The third-order valence-electron chi connectivity index (χ3n) is 4.39. The van der Waals surface area contributed by atoms with Gasteiger partial charge < -0.3 is 21.0 Å². The van der Waals surface area contributed by atoms with Gasteiger partial charge in [0.15, 0.2) is 5.84 Å². The number of hydrogen-bond donors (Lipinski definition) is 3. The van der Waals surface area contributed by atoms with Crippen LogP contribution in [0.3, 0.4) is 0 Å². The summed E-state index contributed by atoms with van der Waals surface area (Å²) in [5.74, 6) is -0.0135. The lowest BCUT2D eigenvalue weighted by molar-refractivity contribution is -0.131. The predicted octanol–water partition coefficient (Wildman–Crippen LogP) is 1.51. The maximum absolute atomic E-state index is 12.3. The van der Waals surface area contributed by atoms with Gasteiger partial charge in [-0.3, -0.25) is 4.79 Å². The van der Waals surface area contributed by atoms with E-state index < -0.39 is 5.54 Å². The monoisotopic (exact) mass is 283 g/mol. The Morgan fingerprint density at radius 2 is 1.85 bits per heavy atom. The third-order valence-corrected chi connectivity index (χ3v) is 4.39. The first kappa shape index (κ1) is 15.1. The molecule has 0 aromatic carbocycles. The summed E-state index contributed by atoms with van der Waals surface area (Å²) in [4.78, 5) is 12.3. The van der Waals surface area contributed by atoms with Crippen molar-refractivity contribution in [1.82, 2.24) is 5.32 Å². The molecule has 1 aliphatic carbocycles. The quantitative estimate of drug-likeness (QED) is 0.316. The van der Waals surface area contributed by atoms with Crippen molar-refractivity contribution in [3.63, 3.8) is 0 Å². The topological polar surface area (TPSA) is 96.9 Å². The molecule has 1 aliphatic heterocycles. The molecule has 1 heterocycles. The number of hydrogen-bond acceptors (Lipinski definition) is 4. The average molecular weight is 283 g/mol. The van der Waals surface area contributed by atoms with E-state index in [-0.39, 0.29) is 17.8 Å². The van der Waals surface area contributed by atoms with Gasteiger partial charge in [-0.2, -0.15) is 0 Å². The number of oxime groups is 1. The van der Waals surface area contributed by atoms with Gasteiger partial charge in [-0.25, -0.2) is 0 Å². The van der Waals surface area contributed by atoms with Gasteiger partial charge >= 0.3 is 0 Å². The van der Waals surface area contributed by atoms with Crippen LogP contribution in [0.4, 0.5) is 0 Å². The van der Waals surface area contributed by atoms with Gasteiger partial charge in [-0.1, -0.05) is 37.3 Å². The Morgan fingerprint density at radius 3 is 2.40 bits per heavy atom. The minimum absolute atomic E-state index is 0.116. The zero-order valence-electron chi connectivity index (χ0n) is 11.9. The van der Waals surface area contributed by atoms with E-state index >= 15 is 0 Å². The largest absolute Gasteiger partial charge is 0.409 e. The summed E-state index contributed by atoms with van der Waals surface area (Å²) in [6.07, 6.45) is 8.13. The number of ether oxygens (including phenoxy) is 1. The second-order valence-corrected chi connectivity index (χ2v) is 5.83. The van der Waals surface area contributed by atoms with E-state index in [9.17, 15) is 4.79 Å². The van der Waals surface area contributed by atoms with E-state index in [2.05, 4.69) is 10.5 Å². The van der Waals surface area contributed by atoms with Crippen molar-refractivity contribution in [3.8, 4) is 0 Å². The van der Waals surface area contributed by atoms with Crippen LogP contribution in [0.2, 0.25) is 0 Å². The molecule has 6 heteroatoms. The van der Waals surface area contributed by atoms with Crippen LogP contribution >= 0.6 is 0 Å². The molecule has 2 aliphatic rings. The van der Waals surface area contributed by atoms with E-state index in [1.807, 2.05) is 0 Å². The van der Waals surface area contributed by atoms with Crippen LogP contribution in [0.25, 0.3) is 0 Å². The molecule has 1 atom stereocenters. The van der Waals surface area contributed by atoms with Crippen LogP contribution in [0.15, 0.2) is 5.16 Å². The molecule has 1 amide bonds. The Bertz CT molecular complexity index is 357.